The van der Waals surface area contributed by atoms with Gasteiger partial charge in [-0.25, -0.2) is 4.79 Å². The molecule has 0 radical (unpaired) electrons. The number of rotatable bonds is 7. The number of anilines is 1. The van der Waals surface area contributed by atoms with Crippen LogP contribution in [0.1, 0.15) is 32.3 Å². The van der Waals surface area contributed by atoms with Crippen molar-refractivity contribution >= 4 is 23.5 Å². The molecule has 148 valence electrons. The zero-order valence-corrected chi connectivity index (χ0v) is 16.3. The van der Waals surface area contributed by atoms with E-state index in [1.165, 1.54) is 14.2 Å². The lowest BCUT2D eigenvalue weighted by Crippen LogP contribution is -2.52. The Labute approximate surface area is 159 Å². The van der Waals surface area contributed by atoms with Crippen LogP contribution < -0.4 is 11.1 Å². The number of esters is 2. The summed E-state index contributed by atoms with van der Waals surface area (Å²) in [6.07, 6.45) is 1.17. The molecule has 0 saturated heterocycles. The maximum Gasteiger partial charge on any atom is 0.328 e. The van der Waals surface area contributed by atoms with Gasteiger partial charge in [0.05, 0.1) is 20.1 Å². The molecular weight excluding hydrogens is 348 g/mol. The average molecular weight is 376 g/mol. The maximum absolute atomic E-state index is 12.5. The predicted octanol–water partition coefficient (Wildman–Crippen LogP) is 1.69. The summed E-state index contributed by atoms with van der Waals surface area (Å²) < 4.78 is 9.64. The summed E-state index contributed by atoms with van der Waals surface area (Å²) in [5, 5.41) is 2.76. The number of methoxy groups -OCH3 is 2. The van der Waals surface area contributed by atoms with Gasteiger partial charge in [-0.1, -0.05) is 26.0 Å². The molecule has 3 atom stereocenters. The van der Waals surface area contributed by atoms with Gasteiger partial charge in [-0.15, -0.1) is 0 Å². The molecule has 1 saturated carbocycles. The molecule has 0 bridgehead atoms. The van der Waals surface area contributed by atoms with E-state index in [0.717, 1.165) is 5.56 Å². The highest BCUT2D eigenvalue weighted by atomic mass is 16.5. The van der Waals surface area contributed by atoms with Crippen LogP contribution in [0.5, 0.6) is 0 Å². The van der Waals surface area contributed by atoms with E-state index < -0.39 is 12.0 Å². The van der Waals surface area contributed by atoms with Crippen molar-refractivity contribution in [2.24, 2.45) is 17.3 Å². The molecule has 1 aliphatic carbocycles. The van der Waals surface area contributed by atoms with Crippen molar-refractivity contribution in [2.75, 3.05) is 20.0 Å². The fourth-order valence-electron chi connectivity index (χ4n) is 3.61. The molecular formula is C20H28N2O5. The predicted molar refractivity (Wildman–Crippen MR) is 101 cm³/mol. The van der Waals surface area contributed by atoms with E-state index in [2.05, 4.69) is 5.32 Å². The van der Waals surface area contributed by atoms with Crippen LogP contribution in [0.15, 0.2) is 24.3 Å². The zero-order valence-electron chi connectivity index (χ0n) is 16.3. The molecule has 2 rings (SSSR count). The SMILES string of the molecule is COC(=O)C(Cc1ccc(N)cc1)NC(=O)CC1CC(C(=O)OC)C1(C)C. The van der Waals surface area contributed by atoms with Gasteiger partial charge in [0.1, 0.15) is 6.04 Å². The first-order chi connectivity index (χ1) is 12.7. The molecule has 7 heteroatoms. The molecule has 7 nitrogen and oxygen atoms in total. The molecule has 1 aliphatic rings. The van der Waals surface area contributed by atoms with Gasteiger partial charge in [-0.2, -0.15) is 0 Å². The van der Waals surface area contributed by atoms with Gasteiger partial charge in [-0.3, -0.25) is 9.59 Å². The van der Waals surface area contributed by atoms with Gasteiger partial charge < -0.3 is 20.5 Å². The molecule has 0 aromatic heterocycles. The van der Waals surface area contributed by atoms with Crippen molar-refractivity contribution in [3.05, 3.63) is 29.8 Å². The average Bonchev–Trinajstić information content (AvgIpc) is 2.64. The first-order valence-corrected chi connectivity index (χ1v) is 8.98. The van der Waals surface area contributed by atoms with Crippen molar-refractivity contribution in [3.63, 3.8) is 0 Å². The van der Waals surface area contributed by atoms with E-state index in [0.29, 0.717) is 18.5 Å². The smallest absolute Gasteiger partial charge is 0.328 e. The lowest BCUT2D eigenvalue weighted by Gasteiger charge is -2.50. The van der Waals surface area contributed by atoms with Crippen molar-refractivity contribution in [1.29, 1.82) is 0 Å². The number of ether oxygens (including phenoxy) is 2. The Morgan fingerprint density at radius 2 is 1.81 bits per heavy atom. The molecule has 3 N–H and O–H groups in total. The Balaban J connectivity index is 1.97. The van der Waals surface area contributed by atoms with Crippen LogP contribution in [0, 0.1) is 17.3 Å². The normalized spacial score (nSPS) is 21.5. The number of amides is 1. The topological polar surface area (TPSA) is 108 Å². The number of carbonyl (C=O) groups is 3. The Morgan fingerprint density at radius 3 is 2.33 bits per heavy atom. The van der Waals surface area contributed by atoms with E-state index in [1.54, 1.807) is 12.1 Å². The summed E-state index contributed by atoms with van der Waals surface area (Å²) in [6.45, 7) is 3.92. The van der Waals surface area contributed by atoms with Gasteiger partial charge >= 0.3 is 11.9 Å². The number of carbonyl (C=O) groups excluding carboxylic acids is 3. The highest BCUT2D eigenvalue weighted by molar-refractivity contribution is 5.85. The minimum absolute atomic E-state index is 0.0522. The molecule has 1 fully saturated rings. The summed E-state index contributed by atoms with van der Waals surface area (Å²) in [4.78, 5) is 36.4. The van der Waals surface area contributed by atoms with Crippen LogP contribution in [0.25, 0.3) is 0 Å². The third-order valence-corrected chi connectivity index (χ3v) is 5.63. The Kier molecular flexibility index (Phi) is 6.46. The van der Waals surface area contributed by atoms with Gasteiger partial charge in [0.25, 0.3) is 0 Å². The van der Waals surface area contributed by atoms with Gasteiger partial charge in [0, 0.05) is 18.5 Å². The second kappa shape index (κ2) is 8.41. The number of hydrogen-bond donors (Lipinski definition) is 2. The van der Waals surface area contributed by atoms with Gasteiger partial charge in [0.2, 0.25) is 5.91 Å². The van der Waals surface area contributed by atoms with E-state index in [9.17, 15) is 14.4 Å². The van der Waals surface area contributed by atoms with Crippen molar-refractivity contribution in [1.82, 2.24) is 5.32 Å². The van der Waals surface area contributed by atoms with Crippen LogP contribution in [-0.4, -0.2) is 38.1 Å². The largest absolute Gasteiger partial charge is 0.469 e. The third kappa shape index (κ3) is 4.78. The van der Waals surface area contributed by atoms with Crippen LogP contribution in [0.3, 0.4) is 0 Å². The lowest BCUT2D eigenvalue weighted by molar-refractivity contribution is -0.164. The lowest BCUT2D eigenvalue weighted by atomic mass is 9.54. The highest BCUT2D eigenvalue weighted by Gasteiger charge is 2.52. The summed E-state index contributed by atoms with van der Waals surface area (Å²) in [5.74, 6) is -1.13. The molecule has 0 spiro atoms. The Morgan fingerprint density at radius 1 is 1.19 bits per heavy atom. The van der Waals surface area contributed by atoms with Crippen LogP contribution in [-0.2, 0) is 30.3 Å². The molecule has 3 unspecified atom stereocenters. The number of nitrogen functional groups attached to an aromatic ring is 1. The highest BCUT2D eigenvalue weighted by Crippen LogP contribution is 2.53. The second-order valence-corrected chi connectivity index (χ2v) is 7.62. The monoisotopic (exact) mass is 376 g/mol. The van der Waals surface area contributed by atoms with Crippen LogP contribution in [0.2, 0.25) is 0 Å². The molecule has 1 aromatic rings. The maximum atomic E-state index is 12.5. The van der Waals surface area contributed by atoms with E-state index in [1.807, 2.05) is 26.0 Å². The van der Waals surface area contributed by atoms with Crippen molar-refractivity contribution in [2.45, 2.75) is 39.2 Å². The molecule has 0 aliphatic heterocycles. The molecule has 1 aromatic carbocycles. The minimum atomic E-state index is -0.772. The van der Waals surface area contributed by atoms with E-state index >= 15 is 0 Å². The fraction of sp³-hybridized carbons (Fsp3) is 0.550. The van der Waals surface area contributed by atoms with Crippen LogP contribution >= 0.6 is 0 Å². The van der Waals surface area contributed by atoms with Gasteiger partial charge in [0.15, 0.2) is 0 Å². The third-order valence-electron chi connectivity index (χ3n) is 5.63. The molecule has 0 heterocycles. The first-order valence-electron chi connectivity index (χ1n) is 8.98. The summed E-state index contributed by atoms with van der Waals surface area (Å²) >= 11 is 0. The quantitative estimate of drug-likeness (QED) is 0.554. The zero-order chi connectivity index (χ0) is 20.2. The number of nitrogens with one attached hydrogen (secondary N) is 1. The Bertz CT molecular complexity index is 699. The van der Waals surface area contributed by atoms with E-state index in [4.69, 9.17) is 15.2 Å². The molecule has 1 amide bonds. The standard InChI is InChI=1S/C20H28N2O5/c1-20(2)13(10-15(20)18(24)26-3)11-17(23)22-16(19(25)27-4)9-12-5-7-14(21)8-6-12/h5-8,13,15-16H,9-11,21H2,1-4H3,(H,22,23). The van der Waals surface area contributed by atoms with Gasteiger partial charge in [-0.05, 0) is 35.4 Å². The summed E-state index contributed by atoms with van der Waals surface area (Å²) in [5.41, 5.74) is 6.86. The number of hydrogen-bond acceptors (Lipinski definition) is 6. The molecule has 27 heavy (non-hydrogen) atoms. The van der Waals surface area contributed by atoms with Crippen molar-refractivity contribution in [3.8, 4) is 0 Å². The number of nitrogens with two attached hydrogens (primary N) is 1. The fourth-order valence-corrected chi connectivity index (χ4v) is 3.61. The summed E-state index contributed by atoms with van der Waals surface area (Å²) in [6, 6.07) is 6.34. The minimum Gasteiger partial charge on any atom is -0.469 e. The van der Waals surface area contributed by atoms with Crippen molar-refractivity contribution < 1.29 is 23.9 Å². The second-order valence-electron chi connectivity index (χ2n) is 7.62. The number of benzene rings is 1. The van der Waals surface area contributed by atoms with Crippen LogP contribution in [0.4, 0.5) is 5.69 Å². The Hall–Kier alpha value is -2.57. The first kappa shape index (κ1) is 20.7. The van der Waals surface area contributed by atoms with E-state index in [-0.39, 0.29) is 35.5 Å². The summed E-state index contributed by atoms with van der Waals surface area (Å²) in [7, 11) is 2.66.